The normalized spacial score (nSPS) is 12.9. The second kappa shape index (κ2) is 10.3. The molecule has 0 aromatic heterocycles. The Morgan fingerprint density at radius 2 is 1.94 bits per heavy atom. The molecule has 0 atom stereocenters. The van der Waals surface area contributed by atoms with Gasteiger partial charge in [0, 0.05) is 0 Å². The lowest BCUT2D eigenvalue weighted by atomic mass is 9.70. The summed E-state index contributed by atoms with van der Waals surface area (Å²) in [5.74, 6) is 2.25. The Labute approximate surface area is 101 Å². The summed E-state index contributed by atoms with van der Waals surface area (Å²) in [6.07, 6.45) is 13.4. The van der Waals surface area contributed by atoms with Gasteiger partial charge in [0.2, 0.25) is 0 Å². The summed E-state index contributed by atoms with van der Waals surface area (Å²) in [4.78, 5) is 0. The number of rotatable bonds is 8. The van der Waals surface area contributed by atoms with E-state index in [1.54, 1.807) is 0 Å². The average molecular weight is 214 g/mol. The zero-order valence-corrected chi connectivity index (χ0v) is 10.7. The minimum absolute atomic E-state index is 1.04. The van der Waals surface area contributed by atoms with Gasteiger partial charge in [0.1, 0.15) is 0 Å². The van der Waals surface area contributed by atoms with Gasteiger partial charge >= 0.3 is 0 Å². The van der Waals surface area contributed by atoms with Crippen LogP contribution in [0.15, 0.2) is 60.7 Å². The van der Waals surface area contributed by atoms with E-state index >= 15 is 0 Å². The summed E-state index contributed by atoms with van der Waals surface area (Å²) in [6.45, 7) is 11.9. The molecule has 0 fully saturated rings. The lowest BCUT2D eigenvalue weighted by Gasteiger charge is -2.05. The lowest BCUT2D eigenvalue weighted by molar-refractivity contribution is 1.12. The average Bonchev–Trinajstić information content (AvgIpc) is 2.31. The van der Waals surface area contributed by atoms with Crippen molar-refractivity contribution in [2.45, 2.75) is 33.0 Å². The third-order valence-electron chi connectivity index (χ3n) is 2.46. The van der Waals surface area contributed by atoms with E-state index in [2.05, 4.69) is 45.1 Å². The molecule has 0 aromatic rings. The zero-order chi connectivity index (χ0) is 12.2. The largest absolute Gasteiger partial charge is 0.152 e. The van der Waals surface area contributed by atoms with Gasteiger partial charge in [0.25, 0.3) is 0 Å². The van der Waals surface area contributed by atoms with Gasteiger partial charge in [-0.15, -0.1) is 5.98 Å². The van der Waals surface area contributed by atoms with Gasteiger partial charge in [-0.1, -0.05) is 63.0 Å². The van der Waals surface area contributed by atoms with Crippen LogP contribution in [0.2, 0.25) is 6.32 Å². The summed E-state index contributed by atoms with van der Waals surface area (Å²) >= 11 is 0. The highest BCUT2D eigenvalue weighted by molar-refractivity contribution is 6.43. The molecule has 16 heavy (non-hydrogen) atoms. The highest BCUT2D eigenvalue weighted by atomic mass is 14.0. The van der Waals surface area contributed by atoms with E-state index in [1.807, 2.05) is 18.2 Å². The van der Waals surface area contributed by atoms with Crippen molar-refractivity contribution < 1.29 is 0 Å². The first-order valence-corrected chi connectivity index (χ1v) is 6.08. The fraction of sp³-hybridized carbons (Fsp3) is 0.333. The Morgan fingerprint density at radius 1 is 1.19 bits per heavy atom. The van der Waals surface area contributed by atoms with Gasteiger partial charge in [0.05, 0.1) is 0 Å². The molecule has 0 N–H and O–H groups in total. The van der Waals surface area contributed by atoms with Crippen LogP contribution in [-0.4, -0.2) is 7.28 Å². The molecule has 0 saturated heterocycles. The fourth-order valence-corrected chi connectivity index (χ4v) is 1.56. The molecule has 0 heterocycles. The molecule has 0 amide bonds. The van der Waals surface area contributed by atoms with E-state index in [0.717, 1.165) is 26.4 Å². The summed E-state index contributed by atoms with van der Waals surface area (Å²) in [5, 5.41) is 0. The van der Waals surface area contributed by atoms with Crippen molar-refractivity contribution in [1.82, 2.24) is 0 Å². The molecule has 1 heteroatoms. The van der Waals surface area contributed by atoms with Crippen LogP contribution in [0.5, 0.6) is 0 Å². The highest BCUT2D eigenvalue weighted by Crippen LogP contribution is 2.15. The molecule has 0 aromatic carbocycles. The van der Waals surface area contributed by atoms with Crippen molar-refractivity contribution in [3.63, 3.8) is 0 Å². The second-order valence-corrected chi connectivity index (χ2v) is 3.62. The lowest BCUT2D eigenvalue weighted by Crippen LogP contribution is -1.91. The highest BCUT2D eigenvalue weighted by Gasteiger charge is 1.98. The topological polar surface area (TPSA) is 0 Å². The molecule has 0 saturated carbocycles. The van der Waals surface area contributed by atoms with E-state index in [0.29, 0.717) is 0 Å². The smallest absolute Gasteiger partial charge is 0.123 e. The molecule has 0 aliphatic carbocycles. The molecule has 0 nitrogen and oxygen atoms in total. The van der Waals surface area contributed by atoms with E-state index in [1.165, 1.54) is 11.1 Å². The molecule has 0 bridgehead atoms. The van der Waals surface area contributed by atoms with Gasteiger partial charge < -0.3 is 0 Å². The first-order chi connectivity index (χ1) is 7.79. The summed E-state index contributed by atoms with van der Waals surface area (Å²) in [6, 6.07) is 0. The van der Waals surface area contributed by atoms with Crippen LogP contribution in [0.3, 0.4) is 0 Å². The number of hydrogen-bond acceptors (Lipinski definition) is 0. The van der Waals surface area contributed by atoms with Crippen LogP contribution in [-0.2, 0) is 0 Å². The number of hydrogen-bond donors (Lipinski definition) is 0. The van der Waals surface area contributed by atoms with Gasteiger partial charge in [-0.2, -0.15) is 0 Å². The van der Waals surface area contributed by atoms with E-state index in [-0.39, 0.29) is 0 Å². The van der Waals surface area contributed by atoms with Gasteiger partial charge in [0.15, 0.2) is 7.28 Å². The Bertz CT molecular complexity index is 293. The minimum Gasteiger partial charge on any atom is -0.123 e. The van der Waals surface area contributed by atoms with Crippen LogP contribution < -0.4 is 0 Å². The van der Waals surface area contributed by atoms with E-state index < -0.39 is 0 Å². The SMILES string of the molecule is C=C/C=C\C(CB/C=C/CC)=C(/C=C)CC. The summed E-state index contributed by atoms with van der Waals surface area (Å²) in [5.41, 5.74) is 2.71. The maximum atomic E-state index is 3.87. The molecule has 0 spiro atoms. The fourth-order valence-electron chi connectivity index (χ4n) is 1.56. The van der Waals surface area contributed by atoms with Crippen molar-refractivity contribution in [2.75, 3.05) is 0 Å². The van der Waals surface area contributed by atoms with Gasteiger partial charge in [-0.3, -0.25) is 0 Å². The first-order valence-electron chi connectivity index (χ1n) is 6.08. The van der Waals surface area contributed by atoms with Crippen molar-refractivity contribution in [2.24, 2.45) is 0 Å². The van der Waals surface area contributed by atoms with Gasteiger partial charge in [-0.25, -0.2) is 0 Å². The Hall–Kier alpha value is -1.24. The van der Waals surface area contributed by atoms with E-state index in [4.69, 9.17) is 0 Å². The van der Waals surface area contributed by atoms with E-state index in [9.17, 15) is 0 Å². The molecule has 0 aliphatic heterocycles. The summed E-state index contributed by atoms with van der Waals surface area (Å²) in [7, 11) is 1.10. The maximum absolute atomic E-state index is 3.87. The third-order valence-corrected chi connectivity index (χ3v) is 2.46. The first kappa shape index (κ1) is 14.8. The molecular weight excluding hydrogens is 191 g/mol. The maximum Gasteiger partial charge on any atom is 0.152 e. The Balaban J connectivity index is 4.60. The minimum atomic E-state index is 1.04. The van der Waals surface area contributed by atoms with Crippen molar-refractivity contribution in [3.05, 3.63) is 60.7 Å². The monoisotopic (exact) mass is 214 g/mol. The van der Waals surface area contributed by atoms with Crippen molar-refractivity contribution in [1.29, 1.82) is 0 Å². The molecule has 0 rings (SSSR count). The third kappa shape index (κ3) is 6.29. The number of allylic oxidation sites excluding steroid dienone is 7. The summed E-state index contributed by atoms with van der Waals surface area (Å²) < 4.78 is 0. The predicted octanol–water partition coefficient (Wildman–Crippen LogP) is 4.40. The van der Waals surface area contributed by atoms with Crippen LogP contribution in [0, 0.1) is 0 Å². The van der Waals surface area contributed by atoms with Crippen LogP contribution in [0.25, 0.3) is 0 Å². The molecule has 0 unspecified atom stereocenters. The van der Waals surface area contributed by atoms with Crippen LogP contribution in [0.4, 0.5) is 0 Å². The molecule has 0 radical (unpaired) electrons. The molecular formula is C15H23B. The van der Waals surface area contributed by atoms with Crippen LogP contribution in [0.1, 0.15) is 26.7 Å². The quantitative estimate of drug-likeness (QED) is 0.415. The van der Waals surface area contributed by atoms with Crippen LogP contribution >= 0.6 is 0 Å². The van der Waals surface area contributed by atoms with Crippen molar-refractivity contribution in [3.8, 4) is 0 Å². The molecule has 0 aliphatic rings. The Kier molecular flexibility index (Phi) is 9.49. The Morgan fingerprint density at radius 3 is 2.44 bits per heavy atom. The molecule has 86 valence electrons. The standard InChI is InChI=1S/C15H23B/c1-5-9-11-15(14(7-3)8-4)13-16-12-10-6-2/h5,7,9-12,16H,1,3,6,8,13H2,2,4H3/b11-9-,12-10+,15-14-. The predicted molar refractivity (Wildman–Crippen MR) is 78.2 cm³/mol. The zero-order valence-electron chi connectivity index (χ0n) is 10.7. The second-order valence-electron chi connectivity index (χ2n) is 3.62. The van der Waals surface area contributed by atoms with Crippen molar-refractivity contribution >= 4 is 7.28 Å². The van der Waals surface area contributed by atoms with Gasteiger partial charge in [-0.05, 0) is 24.7 Å².